The van der Waals surface area contributed by atoms with E-state index in [9.17, 15) is 13.2 Å². The molecule has 0 radical (unpaired) electrons. The standard InChI is InChI=1S/C14H19NO3S/c1-11(16)12-3-5-13(6-4-12)19(17,18)14-7-9-15(2)10-8-14/h3-6,14H,7-10H2,1-2H3. The maximum atomic E-state index is 12.5. The number of sulfone groups is 1. The molecule has 19 heavy (non-hydrogen) atoms. The third-order valence-corrected chi connectivity index (χ3v) is 5.97. The van der Waals surface area contributed by atoms with Crippen LogP contribution >= 0.6 is 0 Å². The number of ketones is 1. The first-order valence-electron chi connectivity index (χ1n) is 6.44. The summed E-state index contributed by atoms with van der Waals surface area (Å²) in [6.07, 6.45) is 1.35. The largest absolute Gasteiger partial charge is 0.306 e. The number of piperidine rings is 1. The topological polar surface area (TPSA) is 54.5 Å². The number of benzene rings is 1. The average Bonchev–Trinajstić information content (AvgIpc) is 2.39. The molecule has 0 aromatic heterocycles. The van der Waals surface area contributed by atoms with Gasteiger partial charge in [0, 0.05) is 5.56 Å². The fraction of sp³-hybridized carbons (Fsp3) is 0.500. The summed E-state index contributed by atoms with van der Waals surface area (Å²) in [6, 6.07) is 6.27. The minimum Gasteiger partial charge on any atom is -0.306 e. The Hall–Kier alpha value is -1.20. The third kappa shape index (κ3) is 3.04. The van der Waals surface area contributed by atoms with Gasteiger partial charge in [0.15, 0.2) is 15.6 Å². The van der Waals surface area contributed by atoms with Crippen molar-refractivity contribution < 1.29 is 13.2 Å². The van der Waals surface area contributed by atoms with Gasteiger partial charge in [-0.05, 0) is 52.0 Å². The second kappa shape index (κ2) is 5.43. The van der Waals surface area contributed by atoms with Gasteiger partial charge in [0.25, 0.3) is 0 Å². The Labute approximate surface area is 114 Å². The molecule has 0 N–H and O–H groups in total. The van der Waals surface area contributed by atoms with Crippen LogP contribution in [-0.4, -0.2) is 44.5 Å². The summed E-state index contributed by atoms with van der Waals surface area (Å²) < 4.78 is 24.9. The van der Waals surface area contributed by atoms with Gasteiger partial charge in [0.05, 0.1) is 10.1 Å². The number of nitrogens with zero attached hydrogens (tertiary/aromatic N) is 1. The number of carbonyl (C=O) groups is 1. The summed E-state index contributed by atoms with van der Waals surface area (Å²) in [7, 11) is -1.26. The van der Waals surface area contributed by atoms with Gasteiger partial charge in [0.1, 0.15) is 0 Å². The van der Waals surface area contributed by atoms with E-state index < -0.39 is 9.84 Å². The molecule has 1 fully saturated rings. The maximum Gasteiger partial charge on any atom is 0.181 e. The molecular weight excluding hydrogens is 262 g/mol. The van der Waals surface area contributed by atoms with Crippen LogP contribution in [0.2, 0.25) is 0 Å². The summed E-state index contributed by atoms with van der Waals surface area (Å²) in [5.41, 5.74) is 0.544. The minimum atomic E-state index is -3.27. The van der Waals surface area contributed by atoms with E-state index in [0.717, 1.165) is 13.1 Å². The summed E-state index contributed by atoms with van der Waals surface area (Å²) in [5.74, 6) is -0.0526. The molecule has 0 saturated carbocycles. The van der Waals surface area contributed by atoms with Crippen molar-refractivity contribution in [3.8, 4) is 0 Å². The van der Waals surface area contributed by atoms with Crippen LogP contribution in [0.1, 0.15) is 30.1 Å². The summed E-state index contributed by atoms with van der Waals surface area (Å²) >= 11 is 0. The van der Waals surface area contributed by atoms with Crippen molar-refractivity contribution in [3.05, 3.63) is 29.8 Å². The van der Waals surface area contributed by atoms with Gasteiger partial charge in [-0.15, -0.1) is 0 Å². The molecular formula is C14H19NO3S. The van der Waals surface area contributed by atoms with E-state index in [1.807, 2.05) is 7.05 Å². The molecule has 1 saturated heterocycles. The van der Waals surface area contributed by atoms with Crippen LogP contribution in [0.15, 0.2) is 29.2 Å². The number of Topliss-reactive ketones (excluding diaryl/α,β-unsaturated/α-hetero) is 1. The molecule has 0 bridgehead atoms. The second-order valence-electron chi connectivity index (χ2n) is 5.13. The van der Waals surface area contributed by atoms with Crippen LogP contribution in [0.25, 0.3) is 0 Å². The molecule has 4 nitrogen and oxygen atoms in total. The molecule has 104 valence electrons. The molecule has 0 unspecified atom stereocenters. The van der Waals surface area contributed by atoms with Gasteiger partial charge in [-0.3, -0.25) is 4.79 Å². The molecule has 1 heterocycles. The van der Waals surface area contributed by atoms with Crippen LogP contribution in [0.4, 0.5) is 0 Å². The van der Waals surface area contributed by atoms with Crippen molar-refractivity contribution in [2.75, 3.05) is 20.1 Å². The van der Waals surface area contributed by atoms with E-state index in [1.54, 1.807) is 24.3 Å². The number of rotatable bonds is 3. The Kier molecular flexibility index (Phi) is 4.06. The highest BCUT2D eigenvalue weighted by molar-refractivity contribution is 7.92. The fourth-order valence-corrected chi connectivity index (χ4v) is 4.10. The molecule has 1 aliphatic rings. The third-order valence-electron chi connectivity index (χ3n) is 3.69. The van der Waals surface area contributed by atoms with Gasteiger partial charge in [0.2, 0.25) is 0 Å². The van der Waals surface area contributed by atoms with E-state index in [0.29, 0.717) is 23.3 Å². The second-order valence-corrected chi connectivity index (χ2v) is 7.36. The monoisotopic (exact) mass is 281 g/mol. The van der Waals surface area contributed by atoms with Crippen molar-refractivity contribution in [3.63, 3.8) is 0 Å². The van der Waals surface area contributed by atoms with Crippen molar-refractivity contribution in [2.24, 2.45) is 0 Å². The first kappa shape index (κ1) is 14.2. The highest BCUT2D eigenvalue weighted by atomic mass is 32.2. The van der Waals surface area contributed by atoms with Crippen molar-refractivity contribution >= 4 is 15.6 Å². The summed E-state index contributed by atoms with van der Waals surface area (Å²) in [5, 5.41) is -0.299. The van der Waals surface area contributed by atoms with Crippen LogP contribution in [0.5, 0.6) is 0 Å². The summed E-state index contributed by atoms with van der Waals surface area (Å²) in [6.45, 7) is 3.10. The van der Waals surface area contributed by atoms with Crippen molar-refractivity contribution in [1.29, 1.82) is 0 Å². The van der Waals surface area contributed by atoms with Crippen LogP contribution < -0.4 is 0 Å². The SMILES string of the molecule is CC(=O)c1ccc(S(=O)(=O)C2CCN(C)CC2)cc1. The highest BCUT2D eigenvalue weighted by Gasteiger charge is 2.30. The van der Waals surface area contributed by atoms with E-state index in [1.165, 1.54) is 6.92 Å². The van der Waals surface area contributed by atoms with Crippen LogP contribution in [0.3, 0.4) is 0 Å². The Bertz CT molecular complexity index is 555. The summed E-state index contributed by atoms with van der Waals surface area (Å²) in [4.78, 5) is 13.7. The lowest BCUT2D eigenvalue weighted by atomic mass is 10.1. The number of carbonyl (C=O) groups excluding carboxylic acids is 1. The molecule has 1 aromatic carbocycles. The predicted octanol–water partition coefficient (Wildman–Crippen LogP) is 1.76. The Morgan fingerprint density at radius 1 is 1.16 bits per heavy atom. The Morgan fingerprint density at radius 2 is 1.68 bits per heavy atom. The van der Waals surface area contributed by atoms with Crippen molar-refractivity contribution in [1.82, 2.24) is 4.90 Å². The van der Waals surface area contributed by atoms with Gasteiger partial charge < -0.3 is 4.90 Å². The van der Waals surface area contributed by atoms with E-state index in [2.05, 4.69) is 4.90 Å². The smallest absolute Gasteiger partial charge is 0.181 e. The lowest BCUT2D eigenvalue weighted by Gasteiger charge is -2.28. The first-order valence-corrected chi connectivity index (χ1v) is 7.99. The van der Waals surface area contributed by atoms with E-state index >= 15 is 0 Å². The molecule has 0 amide bonds. The van der Waals surface area contributed by atoms with Gasteiger partial charge in [-0.2, -0.15) is 0 Å². The number of hydrogen-bond acceptors (Lipinski definition) is 4. The zero-order valence-electron chi connectivity index (χ0n) is 11.3. The maximum absolute atomic E-state index is 12.5. The zero-order valence-corrected chi connectivity index (χ0v) is 12.1. The Morgan fingerprint density at radius 3 is 2.16 bits per heavy atom. The van der Waals surface area contributed by atoms with Crippen molar-refractivity contribution in [2.45, 2.75) is 29.9 Å². The van der Waals surface area contributed by atoms with E-state index in [-0.39, 0.29) is 11.0 Å². The Balaban J connectivity index is 2.22. The van der Waals surface area contributed by atoms with Gasteiger partial charge in [-0.1, -0.05) is 12.1 Å². The number of likely N-dealkylation sites (tertiary alicyclic amines) is 1. The molecule has 5 heteroatoms. The average molecular weight is 281 g/mol. The zero-order chi connectivity index (χ0) is 14.0. The first-order chi connectivity index (χ1) is 8.91. The van der Waals surface area contributed by atoms with Crippen LogP contribution in [0, 0.1) is 0 Å². The molecule has 1 aromatic rings. The normalized spacial score (nSPS) is 18.4. The molecule has 0 spiro atoms. The quantitative estimate of drug-likeness (QED) is 0.792. The van der Waals surface area contributed by atoms with Crippen LogP contribution in [-0.2, 0) is 9.84 Å². The highest BCUT2D eigenvalue weighted by Crippen LogP contribution is 2.24. The lowest BCUT2D eigenvalue weighted by molar-refractivity contribution is 0.101. The molecule has 2 rings (SSSR count). The van der Waals surface area contributed by atoms with Gasteiger partial charge >= 0.3 is 0 Å². The predicted molar refractivity (Wildman–Crippen MR) is 74.2 cm³/mol. The minimum absolute atomic E-state index is 0.0526. The lowest BCUT2D eigenvalue weighted by Crippen LogP contribution is -2.37. The van der Waals surface area contributed by atoms with E-state index in [4.69, 9.17) is 0 Å². The molecule has 0 atom stereocenters. The molecule has 1 aliphatic heterocycles. The molecule has 0 aliphatic carbocycles. The number of hydrogen-bond donors (Lipinski definition) is 0. The fourth-order valence-electron chi connectivity index (χ4n) is 2.37. The van der Waals surface area contributed by atoms with Gasteiger partial charge in [-0.25, -0.2) is 8.42 Å².